The van der Waals surface area contributed by atoms with Gasteiger partial charge >= 0.3 is 0 Å². The maximum Gasteiger partial charge on any atom is 0.233 e. The molecule has 1 amide bonds. The van der Waals surface area contributed by atoms with Gasteiger partial charge in [0.2, 0.25) is 5.91 Å². The summed E-state index contributed by atoms with van der Waals surface area (Å²) in [6.45, 7) is 3.77. The molecule has 1 saturated carbocycles. The van der Waals surface area contributed by atoms with Gasteiger partial charge in [-0.25, -0.2) is 0 Å². The van der Waals surface area contributed by atoms with Gasteiger partial charge in [0.25, 0.3) is 0 Å². The molecular weight excluding hydrogens is 364 g/mol. The third-order valence-electron chi connectivity index (χ3n) is 5.04. The summed E-state index contributed by atoms with van der Waals surface area (Å²) in [7, 11) is 0. The van der Waals surface area contributed by atoms with Gasteiger partial charge in [-0.3, -0.25) is 4.79 Å². The van der Waals surface area contributed by atoms with Crippen LogP contribution in [0, 0.1) is 5.92 Å². The van der Waals surface area contributed by atoms with Crippen molar-refractivity contribution in [1.29, 1.82) is 0 Å². The lowest BCUT2D eigenvalue weighted by Gasteiger charge is -2.36. The number of nitrogens with zero attached hydrogens (tertiary/aromatic N) is 1. The molecule has 2 unspecified atom stereocenters. The molecule has 1 aliphatic heterocycles. The van der Waals surface area contributed by atoms with Crippen molar-refractivity contribution in [2.75, 3.05) is 13.1 Å². The fourth-order valence-corrected chi connectivity index (χ4v) is 3.71. The molecule has 1 aromatic rings. The average Bonchev–Trinajstić information content (AvgIpc) is 3.29. The first-order valence-electron chi connectivity index (χ1n) is 7.84. The van der Waals surface area contributed by atoms with Crippen LogP contribution in [0.1, 0.15) is 38.2 Å². The van der Waals surface area contributed by atoms with E-state index >= 15 is 0 Å². The second kappa shape index (κ2) is 6.90. The summed E-state index contributed by atoms with van der Waals surface area (Å²) in [5, 5.41) is 0. The second-order valence-corrected chi connectivity index (χ2v) is 7.52. The number of hydrogen-bond acceptors (Lipinski definition) is 2. The molecule has 1 aromatic carbocycles. The molecule has 1 aliphatic carbocycles. The number of amides is 1. The Kier molecular flexibility index (Phi) is 5.57. The SMILES string of the molecule is CC(N)C1CCCN(C(=O)C2(c3ccc(Br)cc3)CC2)C1.Cl. The number of benzene rings is 1. The van der Waals surface area contributed by atoms with E-state index < -0.39 is 0 Å². The van der Waals surface area contributed by atoms with Crippen LogP contribution < -0.4 is 5.73 Å². The van der Waals surface area contributed by atoms with E-state index in [9.17, 15) is 4.79 Å². The Hall–Kier alpha value is -0.580. The zero-order valence-electron chi connectivity index (χ0n) is 12.9. The molecule has 2 atom stereocenters. The highest BCUT2D eigenvalue weighted by molar-refractivity contribution is 9.10. The molecule has 2 aliphatic rings. The zero-order valence-corrected chi connectivity index (χ0v) is 15.3. The Morgan fingerprint density at radius 2 is 2.00 bits per heavy atom. The predicted octanol–water partition coefficient (Wildman–Crippen LogP) is 3.49. The smallest absolute Gasteiger partial charge is 0.233 e. The van der Waals surface area contributed by atoms with E-state index in [-0.39, 0.29) is 23.9 Å². The highest BCUT2D eigenvalue weighted by atomic mass is 79.9. The van der Waals surface area contributed by atoms with E-state index in [0.29, 0.717) is 11.8 Å². The lowest BCUT2D eigenvalue weighted by atomic mass is 9.89. The number of likely N-dealkylation sites (tertiary alicyclic amines) is 1. The molecule has 1 saturated heterocycles. The van der Waals surface area contributed by atoms with E-state index in [0.717, 1.165) is 43.2 Å². The van der Waals surface area contributed by atoms with Crippen molar-refractivity contribution in [3.8, 4) is 0 Å². The van der Waals surface area contributed by atoms with Gasteiger partial charge in [-0.05, 0) is 56.2 Å². The molecule has 0 bridgehead atoms. The lowest BCUT2D eigenvalue weighted by Crippen LogP contribution is -2.48. The standard InChI is InChI=1S/C17H23BrN2O.ClH/c1-12(19)13-3-2-10-20(11-13)16(21)17(8-9-17)14-4-6-15(18)7-5-14;/h4-7,12-13H,2-3,8-11,19H2,1H3;1H. The molecule has 3 nitrogen and oxygen atoms in total. The first-order valence-corrected chi connectivity index (χ1v) is 8.63. The molecule has 0 spiro atoms. The molecule has 5 heteroatoms. The molecular formula is C17H24BrClN2O. The minimum absolute atomic E-state index is 0. The van der Waals surface area contributed by atoms with Crippen molar-refractivity contribution in [2.45, 2.75) is 44.1 Å². The Bertz CT molecular complexity index is 528. The number of carbonyl (C=O) groups is 1. The third-order valence-corrected chi connectivity index (χ3v) is 5.57. The fraction of sp³-hybridized carbons (Fsp3) is 0.588. The van der Waals surface area contributed by atoms with E-state index in [1.807, 2.05) is 12.1 Å². The summed E-state index contributed by atoms with van der Waals surface area (Å²) >= 11 is 3.46. The van der Waals surface area contributed by atoms with Crippen molar-refractivity contribution < 1.29 is 4.79 Å². The lowest BCUT2D eigenvalue weighted by molar-refractivity contribution is -0.135. The number of rotatable bonds is 3. The topological polar surface area (TPSA) is 46.3 Å². The minimum Gasteiger partial charge on any atom is -0.342 e. The highest BCUT2D eigenvalue weighted by Crippen LogP contribution is 2.50. The van der Waals surface area contributed by atoms with Crippen molar-refractivity contribution in [2.24, 2.45) is 11.7 Å². The Morgan fingerprint density at radius 1 is 1.36 bits per heavy atom. The molecule has 1 heterocycles. The monoisotopic (exact) mass is 386 g/mol. The van der Waals surface area contributed by atoms with Crippen LogP contribution >= 0.6 is 28.3 Å². The molecule has 3 rings (SSSR count). The van der Waals surface area contributed by atoms with Crippen LogP contribution in [-0.2, 0) is 10.2 Å². The molecule has 0 radical (unpaired) electrons. The van der Waals surface area contributed by atoms with E-state index in [2.05, 4.69) is 39.9 Å². The van der Waals surface area contributed by atoms with Crippen molar-refractivity contribution in [1.82, 2.24) is 4.90 Å². The summed E-state index contributed by atoms with van der Waals surface area (Å²) in [5.41, 5.74) is 6.95. The van der Waals surface area contributed by atoms with Crippen LogP contribution in [-0.4, -0.2) is 29.9 Å². The normalized spacial score (nSPS) is 24.3. The van der Waals surface area contributed by atoms with Crippen LogP contribution in [0.25, 0.3) is 0 Å². The Labute approximate surface area is 147 Å². The molecule has 0 aromatic heterocycles. The van der Waals surface area contributed by atoms with Crippen LogP contribution in [0.3, 0.4) is 0 Å². The minimum atomic E-state index is -0.250. The zero-order chi connectivity index (χ0) is 15.0. The first-order chi connectivity index (χ1) is 10.0. The molecule has 2 fully saturated rings. The summed E-state index contributed by atoms with van der Waals surface area (Å²) in [6, 6.07) is 8.40. The number of nitrogens with two attached hydrogens (primary N) is 1. The van der Waals surface area contributed by atoms with Gasteiger partial charge in [-0.2, -0.15) is 0 Å². The van der Waals surface area contributed by atoms with Gasteiger partial charge in [0, 0.05) is 23.6 Å². The Morgan fingerprint density at radius 3 is 2.55 bits per heavy atom. The van der Waals surface area contributed by atoms with Gasteiger partial charge < -0.3 is 10.6 Å². The fourth-order valence-electron chi connectivity index (χ4n) is 3.45. The first kappa shape index (κ1) is 17.8. The van der Waals surface area contributed by atoms with Crippen LogP contribution in [0.4, 0.5) is 0 Å². The maximum absolute atomic E-state index is 13.0. The summed E-state index contributed by atoms with van der Waals surface area (Å²) < 4.78 is 1.06. The van der Waals surface area contributed by atoms with Crippen molar-refractivity contribution in [3.05, 3.63) is 34.3 Å². The van der Waals surface area contributed by atoms with E-state index in [1.165, 1.54) is 5.56 Å². The quantitative estimate of drug-likeness (QED) is 0.863. The average molecular weight is 388 g/mol. The predicted molar refractivity (Wildman–Crippen MR) is 95.3 cm³/mol. The number of piperidine rings is 1. The summed E-state index contributed by atoms with van der Waals surface area (Å²) in [5.74, 6) is 0.763. The second-order valence-electron chi connectivity index (χ2n) is 6.60. The van der Waals surface area contributed by atoms with Gasteiger partial charge in [0.1, 0.15) is 0 Å². The largest absolute Gasteiger partial charge is 0.342 e. The molecule has 22 heavy (non-hydrogen) atoms. The highest BCUT2D eigenvalue weighted by Gasteiger charge is 2.53. The Balaban J connectivity index is 0.00000176. The summed E-state index contributed by atoms with van der Waals surface area (Å²) in [4.78, 5) is 15.1. The molecule has 122 valence electrons. The van der Waals surface area contributed by atoms with Gasteiger partial charge in [0.05, 0.1) is 5.41 Å². The third kappa shape index (κ3) is 3.34. The number of hydrogen-bond donors (Lipinski definition) is 1. The van der Waals surface area contributed by atoms with E-state index in [4.69, 9.17) is 5.73 Å². The number of halogens is 2. The van der Waals surface area contributed by atoms with Crippen molar-refractivity contribution in [3.63, 3.8) is 0 Å². The van der Waals surface area contributed by atoms with Crippen LogP contribution in [0.15, 0.2) is 28.7 Å². The summed E-state index contributed by atoms with van der Waals surface area (Å²) in [6.07, 6.45) is 4.18. The number of carbonyl (C=O) groups excluding carboxylic acids is 1. The maximum atomic E-state index is 13.0. The van der Waals surface area contributed by atoms with Crippen LogP contribution in [0.5, 0.6) is 0 Å². The van der Waals surface area contributed by atoms with Gasteiger partial charge in [-0.15, -0.1) is 12.4 Å². The van der Waals surface area contributed by atoms with Gasteiger partial charge in [-0.1, -0.05) is 28.1 Å². The van der Waals surface area contributed by atoms with E-state index in [1.54, 1.807) is 0 Å². The molecule has 2 N–H and O–H groups in total. The van der Waals surface area contributed by atoms with Crippen LogP contribution in [0.2, 0.25) is 0 Å². The van der Waals surface area contributed by atoms with Crippen molar-refractivity contribution >= 4 is 34.2 Å². The van der Waals surface area contributed by atoms with Gasteiger partial charge in [0.15, 0.2) is 0 Å².